The zero-order valence-corrected chi connectivity index (χ0v) is 7.18. The predicted octanol–water partition coefficient (Wildman–Crippen LogP) is 1.15. The maximum absolute atomic E-state index is 5.58. The largest absolute Gasteiger partial charge is 0.376 e. The molecule has 0 aromatic carbocycles. The highest BCUT2D eigenvalue weighted by Crippen LogP contribution is 2.52. The summed E-state index contributed by atoms with van der Waals surface area (Å²) in [5.74, 6) is 0.926. The molecule has 0 bridgehead atoms. The lowest BCUT2D eigenvalue weighted by atomic mass is 9.62. The summed E-state index contributed by atoms with van der Waals surface area (Å²) in [6.45, 7) is 4.00. The molecule has 2 rings (SSSR count). The van der Waals surface area contributed by atoms with Crippen molar-refractivity contribution < 1.29 is 4.74 Å². The summed E-state index contributed by atoms with van der Waals surface area (Å²) in [7, 11) is 0. The average molecular weight is 155 g/mol. The first-order valence-corrected chi connectivity index (χ1v) is 4.56. The Kier molecular flexibility index (Phi) is 1.69. The molecule has 0 amide bonds. The highest BCUT2D eigenvalue weighted by Gasteiger charge is 2.47. The van der Waals surface area contributed by atoms with Gasteiger partial charge in [-0.2, -0.15) is 0 Å². The Labute approximate surface area is 68.1 Å². The zero-order valence-electron chi connectivity index (χ0n) is 7.18. The van der Waals surface area contributed by atoms with E-state index in [1.54, 1.807) is 0 Å². The molecule has 2 heteroatoms. The van der Waals surface area contributed by atoms with Gasteiger partial charge in [0, 0.05) is 6.54 Å². The van der Waals surface area contributed by atoms with Crippen LogP contribution in [0.15, 0.2) is 0 Å². The maximum atomic E-state index is 5.58. The maximum Gasteiger partial charge on any atom is 0.0703 e. The smallest absolute Gasteiger partial charge is 0.0703 e. The van der Waals surface area contributed by atoms with Gasteiger partial charge in [0.1, 0.15) is 0 Å². The lowest BCUT2D eigenvalue weighted by Crippen LogP contribution is -2.36. The second-order valence-corrected chi connectivity index (χ2v) is 4.39. The van der Waals surface area contributed by atoms with Gasteiger partial charge in [-0.1, -0.05) is 6.92 Å². The molecule has 2 nitrogen and oxygen atoms in total. The Morgan fingerprint density at radius 3 is 2.64 bits per heavy atom. The first-order valence-electron chi connectivity index (χ1n) is 4.56. The van der Waals surface area contributed by atoms with Crippen molar-refractivity contribution in [3.05, 3.63) is 0 Å². The summed E-state index contributed by atoms with van der Waals surface area (Å²) < 4.78 is 5.58. The van der Waals surface area contributed by atoms with E-state index in [4.69, 9.17) is 10.5 Å². The normalized spacial score (nSPS) is 49.6. The highest BCUT2D eigenvalue weighted by atomic mass is 16.5. The van der Waals surface area contributed by atoms with Gasteiger partial charge in [-0.05, 0) is 30.6 Å². The molecule has 2 N–H and O–H groups in total. The quantitative estimate of drug-likeness (QED) is 0.616. The minimum absolute atomic E-state index is 0.363. The summed E-state index contributed by atoms with van der Waals surface area (Å²) in [5, 5.41) is 0. The molecule has 1 heterocycles. The van der Waals surface area contributed by atoms with E-state index < -0.39 is 0 Å². The van der Waals surface area contributed by atoms with Crippen molar-refractivity contribution in [1.82, 2.24) is 0 Å². The molecule has 1 saturated carbocycles. The summed E-state index contributed by atoms with van der Waals surface area (Å²) in [5.41, 5.74) is 6.10. The third-order valence-electron chi connectivity index (χ3n) is 3.11. The average Bonchev–Trinajstić information content (AvgIpc) is 2.31. The summed E-state index contributed by atoms with van der Waals surface area (Å²) in [4.78, 5) is 0. The third-order valence-corrected chi connectivity index (χ3v) is 3.11. The van der Waals surface area contributed by atoms with Gasteiger partial charge in [-0.25, -0.2) is 0 Å². The molecule has 2 fully saturated rings. The van der Waals surface area contributed by atoms with Crippen LogP contribution in [0.25, 0.3) is 0 Å². The highest BCUT2D eigenvalue weighted by molar-refractivity contribution is 4.97. The lowest BCUT2D eigenvalue weighted by molar-refractivity contribution is 0.0392. The minimum Gasteiger partial charge on any atom is -0.376 e. The second kappa shape index (κ2) is 2.46. The van der Waals surface area contributed by atoms with Gasteiger partial charge in [0.2, 0.25) is 0 Å². The van der Waals surface area contributed by atoms with Crippen LogP contribution in [0.3, 0.4) is 0 Å². The van der Waals surface area contributed by atoms with E-state index in [1.807, 2.05) is 0 Å². The summed E-state index contributed by atoms with van der Waals surface area (Å²) in [6, 6.07) is 0. The van der Waals surface area contributed by atoms with Crippen LogP contribution in [-0.4, -0.2) is 19.3 Å². The van der Waals surface area contributed by atoms with Gasteiger partial charge in [-0.15, -0.1) is 0 Å². The van der Waals surface area contributed by atoms with Gasteiger partial charge >= 0.3 is 0 Å². The van der Waals surface area contributed by atoms with E-state index in [2.05, 4.69) is 6.92 Å². The van der Waals surface area contributed by atoms with Crippen molar-refractivity contribution >= 4 is 0 Å². The standard InChI is InChI=1S/C9H17NO/c1-7-2-9(3-7)4-8(5-10)11-6-9/h7-8H,2-6,10H2,1H3/t7?,8-,9?/m0/s1. The van der Waals surface area contributed by atoms with Gasteiger partial charge in [0.25, 0.3) is 0 Å². The first-order chi connectivity index (χ1) is 5.24. The van der Waals surface area contributed by atoms with Crippen LogP contribution in [0, 0.1) is 11.3 Å². The SMILES string of the molecule is CC1CC2(CO[C@H](CN)C2)C1. The molecule has 11 heavy (non-hydrogen) atoms. The molecule has 0 radical (unpaired) electrons. The van der Waals surface area contributed by atoms with Crippen molar-refractivity contribution in [3.63, 3.8) is 0 Å². The van der Waals surface area contributed by atoms with Gasteiger partial charge in [0.05, 0.1) is 12.7 Å². The fourth-order valence-corrected chi connectivity index (χ4v) is 2.75. The topological polar surface area (TPSA) is 35.2 Å². The Hall–Kier alpha value is -0.0800. The van der Waals surface area contributed by atoms with Crippen LogP contribution in [0.5, 0.6) is 0 Å². The molecule has 0 unspecified atom stereocenters. The number of rotatable bonds is 1. The van der Waals surface area contributed by atoms with Gasteiger partial charge in [0.15, 0.2) is 0 Å². The van der Waals surface area contributed by atoms with Gasteiger partial charge in [-0.3, -0.25) is 0 Å². The molecule has 0 aromatic rings. The number of ether oxygens (including phenoxy) is 1. The van der Waals surface area contributed by atoms with E-state index in [0.717, 1.165) is 12.5 Å². The van der Waals surface area contributed by atoms with Crippen molar-refractivity contribution in [3.8, 4) is 0 Å². The van der Waals surface area contributed by atoms with Crippen LogP contribution in [0.4, 0.5) is 0 Å². The Morgan fingerprint density at radius 2 is 2.18 bits per heavy atom. The molecule has 1 aliphatic carbocycles. The Balaban J connectivity index is 1.89. The van der Waals surface area contributed by atoms with Crippen molar-refractivity contribution in [1.29, 1.82) is 0 Å². The molecule has 0 aromatic heterocycles. The van der Waals surface area contributed by atoms with E-state index in [0.29, 0.717) is 18.1 Å². The van der Waals surface area contributed by atoms with Crippen LogP contribution in [0.2, 0.25) is 0 Å². The van der Waals surface area contributed by atoms with E-state index in [-0.39, 0.29) is 0 Å². The fraction of sp³-hybridized carbons (Fsp3) is 1.00. The van der Waals surface area contributed by atoms with E-state index >= 15 is 0 Å². The second-order valence-electron chi connectivity index (χ2n) is 4.39. The predicted molar refractivity (Wildman–Crippen MR) is 44.2 cm³/mol. The zero-order chi connectivity index (χ0) is 7.90. The fourth-order valence-electron chi connectivity index (χ4n) is 2.75. The monoisotopic (exact) mass is 155 g/mol. The van der Waals surface area contributed by atoms with Crippen molar-refractivity contribution in [2.24, 2.45) is 17.1 Å². The molecule has 2 aliphatic rings. The van der Waals surface area contributed by atoms with Crippen LogP contribution in [-0.2, 0) is 4.74 Å². The first kappa shape index (κ1) is 7.56. The van der Waals surface area contributed by atoms with Crippen LogP contribution >= 0.6 is 0 Å². The lowest BCUT2D eigenvalue weighted by Gasteiger charge is -2.42. The molecule has 1 aliphatic heterocycles. The Morgan fingerprint density at radius 1 is 1.45 bits per heavy atom. The molecule has 1 saturated heterocycles. The molecular weight excluding hydrogens is 138 g/mol. The summed E-state index contributed by atoms with van der Waals surface area (Å²) >= 11 is 0. The van der Waals surface area contributed by atoms with E-state index in [1.165, 1.54) is 19.3 Å². The Bertz CT molecular complexity index is 152. The molecular formula is C9H17NO. The minimum atomic E-state index is 0.363. The molecule has 64 valence electrons. The van der Waals surface area contributed by atoms with Crippen LogP contribution in [0.1, 0.15) is 26.2 Å². The third kappa shape index (κ3) is 1.18. The van der Waals surface area contributed by atoms with Crippen molar-refractivity contribution in [2.75, 3.05) is 13.2 Å². The van der Waals surface area contributed by atoms with Crippen LogP contribution < -0.4 is 5.73 Å². The molecule has 1 atom stereocenters. The van der Waals surface area contributed by atoms with E-state index in [9.17, 15) is 0 Å². The summed E-state index contributed by atoms with van der Waals surface area (Å²) in [6.07, 6.45) is 4.31. The number of nitrogens with two attached hydrogens (primary N) is 1. The molecule has 1 spiro atoms. The number of hydrogen-bond acceptors (Lipinski definition) is 2. The van der Waals surface area contributed by atoms with Crippen molar-refractivity contribution in [2.45, 2.75) is 32.3 Å². The number of hydrogen-bond donors (Lipinski definition) is 1. The van der Waals surface area contributed by atoms with Gasteiger partial charge < -0.3 is 10.5 Å².